The summed E-state index contributed by atoms with van der Waals surface area (Å²) in [7, 11) is 0. The fourth-order valence-electron chi connectivity index (χ4n) is 7.26. The van der Waals surface area contributed by atoms with Crippen LogP contribution in [0.25, 0.3) is 32.9 Å². The van der Waals surface area contributed by atoms with Crippen LogP contribution in [0, 0.1) is 24.0 Å². The fraction of sp³-hybridized carbons (Fsp3) is 0.424. The Morgan fingerprint density at radius 1 is 1.14 bits per heavy atom. The molecule has 3 aliphatic heterocycles. The van der Waals surface area contributed by atoms with Crippen LogP contribution in [-0.2, 0) is 0 Å². The summed E-state index contributed by atoms with van der Waals surface area (Å²) in [5, 5.41) is 12.2. The summed E-state index contributed by atoms with van der Waals surface area (Å²) in [6, 6.07) is 8.04. The molecule has 10 heteroatoms. The van der Waals surface area contributed by atoms with Gasteiger partial charge in [0.25, 0.3) is 0 Å². The molecule has 0 aliphatic carbocycles. The smallest absolute Gasteiger partial charge is 0.319 e. The van der Waals surface area contributed by atoms with E-state index in [4.69, 9.17) is 16.1 Å². The summed E-state index contributed by atoms with van der Waals surface area (Å²) in [4.78, 5) is 17.7. The molecule has 2 aromatic heterocycles. The normalized spacial score (nSPS) is 25.8. The van der Waals surface area contributed by atoms with Gasteiger partial charge in [0.15, 0.2) is 5.82 Å². The van der Waals surface area contributed by atoms with E-state index in [1.165, 1.54) is 12.3 Å². The highest BCUT2D eigenvalue weighted by molar-refractivity contribution is 6.02. The predicted molar refractivity (Wildman–Crippen MR) is 159 cm³/mol. The number of hydrogen-bond acceptors (Lipinski definition) is 7. The van der Waals surface area contributed by atoms with Crippen molar-refractivity contribution in [3.63, 3.8) is 0 Å². The average Bonchev–Trinajstić information content (AvgIpc) is 3.51. The molecule has 0 bridgehead atoms. The zero-order chi connectivity index (χ0) is 29.9. The Bertz CT molecular complexity index is 1790. The molecule has 0 radical (unpaired) electrons. The Morgan fingerprint density at radius 2 is 1.98 bits per heavy atom. The first-order valence-electron chi connectivity index (χ1n) is 14.7. The summed E-state index contributed by atoms with van der Waals surface area (Å²) in [5.41, 5.74) is -1.06. The van der Waals surface area contributed by atoms with Crippen LogP contribution in [0.4, 0.5) is 19.0 Å². The van der Waals surface area contributed by atoms with Crippen LogP contribution in [0.3, 0.4) is 0 Å². The molecule has 3 atom stereocenters. The molecule has 3 aliphatic rings. The lowest BCUT2D eigenvalue weighted by atomic mass is 9.94. The zero-order valence-corrected chi connectivity index (χ0v) is 23.9. The average molecular weight is 588 g/mol. The number of nitrogens with zero attached hydrogens (tertiary/aromatic N) is 5. The molecule has 7 nitrogen and oxygen atoms in total. The minimum atomic E-state index is -0.954. The molecule has 7 rings (SSSR count). The molecular formula is C33H32F3N5O2. The second-order valence-corrected chi connectivity index (χ2v) is 12.4. The minimum Gasteiger partial charge on any atom is -0.461 e. The van der Waals surface area contributed by atoms with E-state index in [1.807, 2.05) is 4.90 Å². The number of hydrogen-bond donors (Lipinski definition) is 1. The van der Waals surface area contributed by atoms with Gasteiger partial charge < -0.3 is 14.7 Å². The van der Waals surface area contributed by atoms with E-state index in [0.717, 1.165) is 25.8 Å². The van der Waals surface area contributed by atoms with Gasteiger partial charge in [-0.05, 0) is 50.6 Å². The van der Waals surface area contributed by atoms with Crippen LogP contribution < -0.4 is 9.64 Å². The maximum absolute atomic E-state index is 16.6. The van der Waals surface area contributed by atoms with E-state index < -0.39 is 28.9 Å². The highest BCUT2D eigenvalue weighted by atomic mass is 19.1. The molecule has 0 amide bonds. The molecular weight excluding hydrogens is 555 g/mol. The Balaban J connectivity index is 1.37. The van der Waals surface area contributed by atoms with Gasteiger partial charge in [-0.15, -0.1) is 6.42 Å². The second-order valence-electron chi connectivity index (χ2n) is 12.4. The van der Waals surface area contributed by atoms with Gasteiger partial charge >= 0.3 is 6.01 Å². The van der Waals surface area contributed by atoms with Gasteiger partial charge in [0.1, 0.15) is 35.6 Å². The van der Waals surface area contributed by atoms with Crippen molar-refractivity contribution in [3.8, 4) is 29.6 Å². The number of aliphatic hydroxyl groups is 1. The zero-order valence-electron chi connectivity index (χ0n) is 23.9. The van der Waals surface area contributed by atoms with Gasteiger partial charge in [-0.1, -0.05) is 30.2 Å². The Kier molecular flexibility index (Phi) is 6.71. The number of β-amino-alcohol motifs (C(OH)–C–C–N with tert-alkyl or cyclic N) is 1. The quantitative estimate of drug-likeness (QED) is 0.313. The van der Waals surface area contributed by atoms with Crippen molar-refractivity contribution < 1.29 is 23.0 Å². The Hall–Kier alpha value is -3.94. The molecule has 5 heterocycles. The number of halogens is 3. The number of terminal acetylenes is 1. The number of rotatable bonds is 5. The fourth-order valence-corrected chi connectivity index (χ4v) is 7.26. The van der Waals surface area contributed by atoms with Crippen molar-refractivity contribution in [1.82, 2.24) is 19.9 Å². The van der Waals surface area contributed by atoms with Gasteiger partial charge in [0, 0.05) is 43.2 Å². The Labute approximate surface area is 247 Å². The highest BCUT2D eigenvalue weighted by Crippen LogP contribution is 2.41. The minimum absolute atomic E-state index is 0.0125. The van der Waals surface area contributed by atoms with Crippen molar-refractivity contribution in [1.29, 1.82) is 0 Å². The van der Waals surface area contributed by atoms with Crippen molar-refractivity contribution in [2.24, 2.45) is 0 Å². The lowest BCUT2D eigenvalue weighted by molar-refractivity contribution is 0.0447. The molecule has 4 aromatic rings. The van der Waals surface area contributed by atoms with Crippen LogP contribution in [0.15, 0.2) is 36.5 Å². The van der Waals surface area contributed by atoms with Gasteiger partial charge in [-0.3, -0.25) is 9.88 Å². The van der Waals surface area contributed by atoms with Crippen molar-refractivity contribution in [2.45, 2.75) is 56.3 Å². The maximum Gasteiger partial charge on any atom is 0.319 e. The van der Waals surface area contributed by atoms with E-state index in [-0.39, 0.29) is 35.9 Å². The number of aromatic nitrogens is 3. The van der Waals surface area contributed by atoms with Crippen LogP contribution in [-0.4, -0.2) is 75.1 Å². The van der Waals surface area contributed by atoms with Gasteiger partial charge in [-0.25, -0.2) is 13.2 Å². The second kappa shape index (κ2) is 10.4. The third-order valence-electron chi connectivity index (χ3n) is 9.24. The summed E-state index contributed by atoms with van der Waals surface area (Å²) in [5.74, 6) is 1.51. The summed E-state index contributed by atoms with van der Waals surface area (Å²) in [6.07, 6.45) is 9.74. The van der Waals surface area contributed by atoms with Gasteiger partial charge in [0.05, 0.1) is 22.1 Å². The first kappa shape index (κ1) is 27.9. The highest BCUT2D eigenvalue weighted by Gasteiger charge is 2.49. The van der Waals surface area contributed by atoms with E-state index in [0.29, 0.717) is 53.5 Å². The number of pyridine rings is 1. The molecule has 0 saturated carbocycles. The number of anilines is 1. The summed E-state index contributed by atoms with van der Waals surface area (Å²) in [6.45, 7) is 4.03. The standard InChI is InChI=1S/C33H32F3N5O2/c1-3-22-25(35)10-9-20-7-4-8-23(26(20)22)28-27(36)29-24(16-37-28)30(40-13-5-11-32(2,42)18-40)39-31(38-29)43-19-33-12-6-14-41(33)17-21(34)15-33/h1,4,7-10,16,21,42H,5-6,11-15,17-19H2,2H3/t21-,32-,33?/m1/s1. The van der Waals surface area contributed by atoms with Crippen LogP contribution >= 0.6 is 0 Å². The van der Waals surface area contributed by atoms with E-state index in [9.17, 15) is 13.9 Å². The number of fused-ring (bicyclic) bond motifs is 3. The first-order chi connectivity index (χ1) is 20.7. The van der Waals surface area contributed by atoms with Crippen LogP contribution in [0.2, 0.25) is 0 Å². The SMILES string of the molecule is C#Cc1c(F)ccc2cccc(-c3ncc4c(N5CCC[C@@](C)(O)C5)nc(OCC56CCCN5C[C@H](F)C6)nc4c3F)c12. The van der Waals surface area contributed by atoms with E-state index in [1.54, 1.807) is 31.2 Å². The van der Waals surface area contributed by atoms with E-state index in [2.05, 4.69) is 20.8 Å². The maximum atomic E-state index is 16.6. The summed E-state index contributed by atoms with van der Waals surface area (Å²) < 4.78 is 51.9. The van der Waals surface area contributed by atoms with Gasteiger partial charge in [0.2, 0.25) is 0 Å². The Morgan fingerprint density at radius 3 is 2.79 bits per heavy atom. The molecule has 43 heavy (non-hydrogen) atoms. The number of alkyl halides is 1. The third kappa shape index (κ3) is 4.75. The number of piperidine rings is 1. The predicted octanol–water partition coefficient (Wildman–Crippen LogP) is 5.41. The molecule has 3 fully saturated rings. The molecule has 2 aromatic carbocycles. The molecule has 0 spiro atoms. The topological polar surface area (TPSA) is 74.6 Å². The molecule has 1 N–H and O–H groups in total. The van der Waals surface area contributed by atoms with Gasteiger partial charge in [-0.2, -0.15) is 9.97 Å². The molecule has 222 valence electrons. The summed E-state index contributed by atoms with van der Waals surface area (Å²) >= 11 is 0. The molecule has 3 saturated heterocycles. The lowest BCUT2D eigenvalue weighted by Gasteiger charge is -2.38. The first-order valence-corrected chi connectivity index (χ1v) is 14.7. The van der Waals surface area contributed by atoms with Crippen LogP contribution in [0.5, 0.6) is 6.01 Å². The lowest BCUT2D eigenvalue weighted by Crippen LogP contribution is -2.46. The third-order valence-corrected chi connectivity index (χ3v) is 9.24. The van der Waals surface area contributed by atoms with Crippen molar-refractivity contribution in [3.05, 3.63) is 53.7 Å². The van der Waals surface area contributed by atoms with E-state index >= 15 is 4.39 Å². The molecule has 1 unspecified atom stereocenters. The van der Waals surface area contributed by atoms with Crippen molar-refractivity contribution in [2.75, 3.05) is 37.7 Å². The largest absolute Gasteiger partial charge is 0.461 e. The number of ether oxygens (including phenoxy) is 1. The van der Waals surface area contributed by atoms with Crippen LogP contribution in [0.1, 0.15) is 44.6 Å². The van der Waals surface area contributed by atoms with Crippen molar-refractivity contribution >= 4 is 27.5 Å². The number of benzene rings is 2. The monoisotopic (exact) mass is 587 g/mol.